The van der Waals surface area contributed by atoms with Gasteiger partial charge in [0.1, 0.15) is 17.1 Å². The SMILES string of the molecule is COc1ccc(CNC(=O)[C@]2(C)Cc3ccccc3C(=O)N2c2cccc(F)c2)cc1. The number of anilines is 1. The molecule has 1 aliphatic rings. The number of hydrogen-bond donors (Lipinski definition) is 1. The first-order chi connectivity index (χ1) is 14.9. The minimum Gasteiger partial charge on any atom is -0.497 e. The second kappa shape index (κ2) is 8.22. The molecule has 0 radical (unpaired) electrons. The van der Waals surface area contributed by atoms with Crippen LogP contribution in [-0.2, 0) is 17.8 Å². The number of amides is 2. The van der Waals surface area contributed by atoms with Gasteiger partial charge in [-0.3, -0.25) is 14.5 Å². The van der Waals surface area contributed by atoms with Crippen LogP contribution in [0.3, 0.4) is 0 Å². The first-order valence-electron chi connectivity index (χ1n) is 10.0. The number of rotatable bonds is 5. The first kappa shape index (κ1) is 20.6. The standard InChI is InChI=1S/C25H23FN2O3/c1-25(24(30)27-16-17-10-12-21(31-2)13-11-17)15-18-6-3-4-9-22(18)23(29)28(25)20-8-5-7-19(26)14-20/h3-14H,15-16H2,1-2H3,(H,27,30)/t25-/m0/s1. The summed E-state index contributed by atoms with van der Waals surface area (Å²) in [6.45, 7) is 2.01. The van der Waals surface area contributed by atoms with Crippen molar-refractivity contribution < 1.29 is 18.7 Å². The molecule has 0 fully saturated rings. The summed E-state index contributed by atoms with van der Waals surface area (Å²) < 4.78 is 19.1. The van der Waals surface area contributed by atoms with Gasteiger partial charge in [-0.2, -0.15) is 0 Å². The number of nitrogens with zero attached hydrogens (tertiary/aromatic N) is 1. The molecule has 0 unspecified atom stereocenters. The minimum absolute atomic E-state index is 0.297. The van der Waals surface area contributed by atoms with Crippen molar-refractivity contribution in [2.75, 3.05) is 12.0 Å². The fourth-order valence-electron chi connectivity index (χ4n) is 3.99. The van der Waals surface area contributed by atoms with Crippen LogP contribution in [0.5, 0.6) is 5.75 Å². The smallest absolute Gasteiger partial charge is 0.259 e. The summed E-state index contributed by atoms with van der Waals surface area (Å²) in [5, 5.41) is 2.94. The molecule has 2 amide bonds. The van der Waals surface area contributed by atoms with E-state index in [9.17, 15) is 14.0 Å². The molecule has 1 heterocycles. The van der Waals surface area contributed by atoms with Gasteiger partial charge in [0.05, 0.1) is 7.11 Å². The van der Waals surface area contributed by atoms with Gasteiger partial charge < -0.3 is 10.1 Å². The molecular weight excluding hydrogens is 395 g/mol. The van der Waals surface area contributed by atoms with Gasteiger partial charge in [-0.05, 0) is 54.4 Å². The lowest BCUT2D eigenvalue weighted by molar-refractivity contribution is -0.126. The number of nitrogens with one attached hydrogen (secondary N) is 1. The highest BCUT2D eigenvalue weighted by molar-refractivity contribution is 6.14. The number of fused-ring (bicyclic) bond motifs is 1. The van der Waals surface area contributed by atoms with E-state index >= 15 is 0 Å². The Hall–Kier alpha value is -3.67. The van der Waals surface area contributed by atoms with Gasteiger partial charge in [0.2, 0.25) is 5.91 Å². The van der Waals surface area contributed by atoms with Crippen LogP contribution in [0.2, 0.25) is 0 Å². The van der Waals surface area contributed by atoms with E-state index in [4.69, 9.17) is 4.74 Å². The van der Waals surface area contributed by atoms with E-state index in [1.165, 1.54) is 23.1 Å². The average Bonchev–Trinajstić information content (AvgIpc) is 2.78. The summed E-state index contributed by atoms with van der Waals surface area (Å²) in [5.74, 6) is -0.371. The maximum absolute atomic E-state index is 14.0. The molecule has 6 heteroatoms. The molecule has 4 rings (SSSR count). The fourth-order valence-corrected chi connectivity index (χ4v) is 3.99. The molecule has 0 aromatic heterocycles. The van der Waals surface area contributed by atoms with E-state index in [0.717, 1.165) is 16.9 Å². The molecule has 3 aromatic carbocycles. The summed E-state index contributed by atoms with van der Waals surface area (Å²) in [4.78, 5) is 28.2. The van der Waals surface area contributed by atoms with Gasteiger partial charge in [-0.25, -0.2) is 4.39 Å². The van der Waals surface area contributed by atoms with Gasteiger partial charge in [0, 0.05) is 24.2 Å². The lowest BCUT2D eigenvalue weighted by atomic mass is 9.82. The Bertz CT molecular complexity index is 1130. The maximum atomic E-state index is 14.0. The van der Waals surface area contributed by atoms with Crippen molar-refractivity contribution in [1.82, 2.24) is 5.32 Å². The Kier molecular flexibility index (Phi) is 5.46. The Balaban J connectivity index is 1.67. The molecule has 1 atom stereocenters. The van der Waals surface area contributed by atoms with Crippen molar-refractivity contribution in [2.24, 2.45) is 0 Å². The van der Waals surface area contributed by atoms with E-state index in [0.29, 0.717) is 24.2 Å². The van der Waals surface area contributed by atoms with Crippen molar-refractivity contribution in [3.63, 3.8) is 0 Å². The van der Waals surface area contributed by atoms with Crippen molar-refractivity contribution in [3.8, 4) is 5.75 Å². The lowest BCUT2D eigenvalue weighted by Gasteiger charge is -2.44. The number of carbonyl (C=O) groups excluding carboxylic acids is 2. The number of benzene rings is 3. The molecule has 0 saturated heterocycles. The van der Waals surface area contributed by atoms with Crippen LogP contribution in [0.4, 0.5) is 10.1 Å². The van der Waals surface area contributed by atoms with Crippen LogP contribution < -0.4 is 15.0 Å². The number of methoxy groups -OCH3 is 1. The number of carbonyl (C=O) groups is 2. The fraction of sp³-hybridized carbons (Fsp3) is 0.200. The van der Waals surface area contributed by atoms with Crippen LogP contribution in [-0.4, -0.2) is 24.5 Å². The Morgan fingerprint density at radius 2 is 1.84 bits per heavy atom. The van der Waals surface area contributed by atoms with E-state index in [1.54, 1.807) is 32.2 Å². The number of ether oxygens (including phenoxy) is 1. The Morgan fingerprint density at radius 3 is 2.55 bits per heavy atom. The molecule has 31 heavy (non-hydrogen) atoms. The van der Waals surface area contributed by atoms with E-state index in [-0.39, 0.29) is 11.8 Å². The molecule has 3 aromatic rings. The second-order valence-electron chi connectivity index (χ2n) is 7.76. The quantitative estimate of drug-likeness (QED) is 0.678. The largest absolute Gasteiger partial charge is 0.497 e. The molecule has 1 aliphatic heterocycles. The summed E-state index contributed by atoms with van der Waals surface area (Å²) in [6, 6.07) is 20.4. The third kappa shape index (κ3) is 3.89. The normalized spacial score (nSPS) is 17.8. The molecule has 1 N–H and O–H groups in total. The minimum atomic E-state index is -1.22. The van der Waals surface area contributed by atoms with Crippen LogP contribution in [0.1, 0.15) is 28.4 Å². The summed E-state index contributed by atoms with van der Waals surface area (Å²) in [6.07, 6.45) is 0.319. The third-order valence-electron chi connectivity index (χ3n) is 5.65. The van der Waals surface area contributed by atoms with E-state index < -0.39 is 11.4 Å². The van der Waals surface area contributed by atoms with Gasteiger partial charge in [0.25, 0.3) is 5.91 Å². The highest BCUT2D eigenvalue weighted by atomic mass is 19.1. The number of halogens is 1. The van der Waals surface area contributed by atoms with Crippen LogP contribution in [0, 0.1) is 5.82 Å². The van der Waals surface area contributed by atoms with Gasteiger partial charge in [0.15, 0.2) is 0 Å². The summed E-state index contributed by atoms with van der Waals surface area (Å²) >= 11 is 0. The van der Waals surface area contributed by atoms with Crippen molar-refractivity contribution in [3.05, 3.63) is 95.3 Å². The van der Waals surface area contributed by atoms with Gasteiger partial charge in [-0.1, -0.05) is 36.4 Å². The zero-order valence-corrected chi connectivity index (χ0v) is 17.4. The monoisotopic (exact) mass is 418 g/mol. The highest BCUT2D eigenvalue weighted by Crippen LogP contribution is 2.35. The van der Waals surface area contributed by atoms with Gasteiger partial charge in [-0.15, -0.1) is 0 Å². The zero-order chi connectivity index (χ0) is 22.0. The summed E-state index contributed by atoms with van der Waals surface area (Å²) in [5.41, 5.74) is 1.35. The topological polar surface area (TPSA) is 58.6 Å². The Morgan fingerprint density at radius 1 is 1.10 bits per heavy atom. The molecule has 5 nitrogen and oxygen atoms in total. The number of hydrogen-bond acceptors (Lipinski definition) is 3. The predicted molar refractivity (Wildman–Crippen MR) is 117 cm³/mol. The van der Waals surface area contributed by atoms with Crippen molar-refractivity contribution in [2.45, 2.75) is 25.4 Å². The lowest BCUT2D eigenvalue weighted by Crippen LogP contribution is -2.63. The predicted octanol–water partition coefficient (Wildman–Crippen LogP) is 4.11. The van der Waals surface area contributed by atoms with Crippen LogP contribution in [0.25, 0.3) is 0 Å². The molecule has 0 saturated carbocycles. The van der Waals surface area contributed by atoms with E-state index in [1.807, 2.05) is 36.4 Å². The average molecular weight is 418 g/mol. The highest BCUT2D eigenvalue weighted by Gasteiger charge is 2.47. The van der Waals surface area contributed by atoms with Crippen LogP contribution >= 0.6 is 0 Å². The molecular formula is C25H23FN2O3. The third-order valence-corrected chi connectivity index (χ3v) is 5.65. The van der Waals surface area contributed by atoms with E-state index in [2.05, 4.69) is 5.32 Å². The van der Waals surface area contributed by atoms with Crippen LogP contribution in [0.15, 0.2) is 72.8 Å². The first-order valence-corrected chi connectivity index (χ1v) is 10.0. The molecule has 158 valence electrons. The van der Waals surface area contributed by atoms with Crippen molar-refractivity contribution >= 4 is 17.5 Å². The molecule has 0 spiro atoms. The Labute approximate surface area is 180 Å². The maximum Gasteiger partial charge on any atom is 0.259 e. The summed E-state index contributed by atoms with van der Waals surface area (Å²) in [7, 11) is 1.59. The zero-order valence-electron chi connectivity index (χ0n) is 17.4. The molecule has 0 bridgehead atoms. The van der Waals surface area contributed by atoms with Gasteiger partial charge >= 0.3 is 0 Å². The molecule has 0 aliphatic carbocycles. The van der Waals surface area contributed by atoms with Crippen molar-refractivity contribution in [1.29, 1.82) is 0 Å². The second-order valence-corrected chi connectivity index (χ2v) is 7.76.